The average Bonchev–Trinajstić information content (AvgIpc) is 2.74. The highest BCUT2D eigenvalue weighted by Gasteiger charge is 2.31. The summed E-state index contributed by atoms with van der Waals surface area (Å²) in [5, 5.41) is 12.0. The van der Waals surface area contributed by atoms with Crippen molar-refractivity contribution in [3.8, 4) is 0 Å². The van der Waals surface area contributed by atoms with E-state index in [4.69, 9.17) is 5.11 Å². The number of rotatable bonds is 6. The molecule has 3 rings (SSSR count). The van der Waals surface area contributed by atoms with E-state index in [-0.39, 0.29) is 11.8 Å². The van der Waals surface area contributed by atoms with Crippen LogP contribution in [0.3, 0.4) is 0 Å². The highest BCUT2D eigenvalue weighted by Crippen LogP contribution is 2.19. The number of carboxylic acids is 1. The quantitative estimate of drug-likeness (QED) is 0.794. The lowest BCUT2D eigenvalue weighted by molar-refractivity contribution is -0.146. The predicted molar refractivity (Wildman–Crippen MR) is 103 cm³/mol. The number of benzene rings is 1. The van der Waals surface area contributed by atoms with Gasteiger partial charge in [-0.3, -0.25) is 19.4 Å². The molecule has 1 fully saturated rings. The maximum Gasteiger partial charge on any atom is 0.306 e. The minimum Gasteiger partial charge on any atom is -0.481 e. The molecule has 0 spiro atoms. The summed E-state index contributed by atoms with van der Waals surface area (Å²) in [4.78, 5) is 42.4. The SMILES string of the molecule is O=C(NC(Cc1ccccc1)C(=O)N1CCC(C(=O)O)CC1)c1cccnc1. The molecular weight excluding hydrogens is 358 g/mol. The lowest BCUT2D eigenvalue weighted by Gasteiger charge is -2.33. The maximum atomic E-state index is 13.1. The minimum atomic E-state index is -0.821. The Kier molecular flexibility index (Phi) is 6.37. The summed E-state index contributed by atoms with van der Waals surface area (Å²) in [6, 6.07) is 12.1. The van der Waals surface area contributed by atoms with Crippen molar-refractivity contribution < 1.29 is 19.5 Å². The number of carboxylic acid groups (broad SMARTS) is 1. The van der Waals surface area contributed by atoms with Crippen molar-refractivity contribution in [1.82, 2.24) is 15.2 Å². The fourth-order valence-corrected chi connectivity index (χ4v) is 3.36. The van der Waals surface area contributed by atoms with Gasteiger partial charge in [0.15, 0.2) is 0 Å². The zero-order chi connectivity index (χ0) is 19.9. The first-order chi connectivity index (χ1) is 13.5. The van der Waals surface area contributed by atoms with Gasteiger partial charge in [-0.1, -0.05) is 30.3 Å². The summed E-state index contributed by atoms with van der Waals surface area (Å²) >= 11 is 0. The van der Waals surface area contributed by atoms with Gasteiger partial charge in [0.05, 0.1) is 11.5 Å². The molecule has 7 nitrogen and oxygen atoms in total. The van der Waals surface area contributed by atoms with E-state index in [2.05, 4.69) is 10.3 Å². The molecule has 2 heterocycles. The molecule has 1 atom stereocenters. The Bertz CT molecular complexity index is 818. The standard InChI is InChI=1S/C21H23N3O4/c25-19(17-7-4-10-22-14-17)23-18(13-15-5-2-1-3-6-15)20(26)24-11-8-16(9-12-24)21(27)28/h1-7,10,14,16,18H,8-9,11-13H2,(H,23,25)(H,27,28). The molecule has 1 aliphatic heterocycles. The Morgan fingerprint density at radius 3 is 2.43 bits per heavy atom. The summed E-state index contributed by atoms with van der Waals surface area (Å²) in [7, 11) is 0. The summed E-state index contributed by atoms with van der Waals surface area (Å²) in [5.41, 5.74) is 1.32. The second-order valence-electron chi connectivity index (χ2n) is 6.90. The van der Waals surface area contributed by atoms with E-state index >= 15 is 0 Å². The fourth-order valence-electron chi connectivity index (χ4n) is 3.36. The Balaban J connectivity index is 1.73. The van der Waals surface area contributed by atoms with Crippen LogP contribution >= 0.6 is 0 Å². The highest BCUT2D eigenvalue weighted by molar-refractivity contribution is 5.97. The van der Waals surface area contributed by atoms with Crippen LogP contribution in [0.2, 0.25) is 0 Å². The van der Waals surface area contributed by atoms with Crippen LogP contribution in [0.1, 0.15) is 28.8 Å². The van der Waals surface area contributed by atoms with Crippen molar-refractivity contribution in [2.24, 2.45) is 5.92 Å². The van der Waals surface area contributed by atoms with Gasteiger partial charge in [-0.2, -0.15) is 0 Å². The maximum absolute atomic E-state index is 13.1. The third-order valence-corrected chi connectivity index (χ3v) is 4.97. The lowest BCUT2D eigenvalue weighted by Crippen LogP contribution is -2.52. The van der Waals surface area contributed by atoms with Crippen LogP contribution in [0.25, 0.3) is 0 Å². The number of carbonyl (C=O) groups is 3. The molecule has 0 bridgehead atoms. The molecule has 1 aliphatic rings. The second kappa shape index (κ2) is 9.12. The number of aromatic nitrogens is 1. The van der Waals surface area contributed by atoms with Crippen LogP contribution < -0.4 is 5.32 Å². The molecular formula is C21H23N3O4. The number of likely N-dealkylation sites (tertiary alicyclic amines) is 1. The number of amides is 2. The Morgan fingerprint density at radius 1 is 1.11 bits per heavy atom. The van der Waals surface area contributed by atoms with Crippen molar-refractivity contribution in [2.75, 3.05) is 13.1 Å². The first kappa shape index (κ1) is 19.5. The molecule has 2 N–H and O–H groups in total. The van der Waals surface area contributed by atoms with E-state index in [0.29, 0.717) is 37.9 Å². The zero-order valence-corrected chi connectivity index (χ0v) is 15.5. The van der Waals surface area contributed by atoms with Crippen molar-refractivity contribution in [3.05, 3.63) is 66.0 Å². The predicted octanol–water partition coefficient (Wildman–Crippen LogP) is 1.75. The summed E-state index contributed by atoms with van der Waals surface area (Å²) in [6.07, 6.45) is 4.25. The molecule has 1 aromatic carbocycles. The fraction of sp³-hybridized carbons (Fsp3) is 0.333. The van der Waals surface area contributed by atoms with Gasteiger partial charge in [-0.15, -0.1) is 0 Å². The summed E-state index contributed by atoms with van der Waals surface area (Å²) in [5.74, 6) is -1.79. The molecule has 0 saturated carbocycles. The smallest absolute Gasteiger partial charge is 0.306 e. The third kappa shape index (κ3) is 4.94. The Labute approximate surface area is 163 Å². The molecule has 28 heavy (non-hydrogen) atoms. The second-order valence-corrected chi connectivity index (χ2v) is 6.90. The van der Waals surface area contributed by atoms with Crippen molar-refractivity contribution in [2.45, 2.75) is 25.3 Å². The molecule has 146 valence electrons. The zero-order valence-electron chi connectivity index (χ0n) is 15.5. The van der Waals surface area contributed by atoms with Gasteiger partial charge in [0, 0.05) is 31.9 Å². The van der Waals surface area contributed by atoms with E-state index in [1.807, 2.05) is 30.3 Å². The number of hydrogen-bond donors (Lipinski definition) is 2. The molecule has 0 aliphatic carbocycles. The highest BCUT2D eigenvalue weighted by atomic mass is 16.4. The van der Waals surface area contributed by atoms with Gasteiger partial charge in [0.2, 0.25) is 5.91 Å². The van der Waals surface area contributed by atoms with Gasteiger partial charge in [-0.05, 0) is 30.5 Å². The molecule has 7 heteroatoms. The van der Waals surface area contributed by atoms with Crippen molar-refractivity contribution >= 4 is 17.8 Å². The average molecular weight is 381 g/mol. The molecule has 1 aromatic heterocycles. The van der Waals surface area contributed by atoms with Crippen LogP contribution in [0.15, 0.2) is 54.9 Å². The number of hydrogen-bond acceptors (Lipinski definition) is 4. The van der Waals surface area contributed by atoms with Gasteiger partial charge in [-0.25, -0.2) is 0 Å². The Morgan fingerprint density at radius 2 is 1.82 bits per heavy atom. The van der Waals surface area contributed by atoms with Crippen LogP contribution in [0, 0.1) is 5.92 Å². The van der Waals surface area contributed by atoms with Crippen molar-refractivity contribution in [1.29, 1.82) is 0 Å². The van der Waals surface area contributed by atoms with Gasteiger partial charge < -0.3 is 15.3 Å². The Hall–Kier alpha value is -3.22. The number of carbonyl (C=O) groups excluding carboxylic acids is 2. The van der Waals surface area contributed by atoms with Gasteiger partial charge >= 0.3 is 5.97 Å². The number of aliphatic carboxylic acids is 1. The van der Waals surface area contributed by atoms with Crippen LogP contribution in [-0.2, 0) is 16.0 Å². The topological polar surface area (TPSA) is 99.6 Å². The first-order valence-electron chi connectivity index (χ1n) is 9.31. The van der Waals surface area contributed by atoms with Crippen LogP contribution in [0.4, 0.5) is 0 Å². The molecule has 2 aromatic rings. The van der Waals surface area contributed by atoms with Crippen LogP contribution in [0.5, 0.6) is 0 Å². The molecule has 1 unspecified atom stereocenters. The normalized spacial score (nSPS) is 15.6. The first-order valence-corrected chi connectivity index (χ1v) is 9.31. The molecule has 0 radical (unpaired) electrons. The summed E-state index contributed by atoms with van der Waals surface area (Å²) in [6.45, 7) is 0.758. The largest absolute Gasteiger partial charge is 0.481 e. The van der Waals surface area contributed by atoms with E-state index < -0.39 is 17.9 Å². The summed E-state index contributed by atoms with van der Waals surface area (Å²) < 4.78 is 0. The lowest BCUT2D eigenvalue weighted by atomic mass is 9.96. The molecule has 1 saturated heterocycles. The van der Waals surface area contributed by atoms with E-state index in [9.17, 15) is 14.4 Å². The number of nitrogens with zero attached hydrogens (tertiary/aromatic N) is 2. The monoisotopic (exact) mass is 381 g/mol. The van der Waals surface area contributed by atoms with Gasteiger partial charge in [0.1, 0.15) is 6.04 Å². The molecule has 2 amide bonds. The van der Waals surface area contributed by atoms with Crippen LogP contribution in [-0.4, -0.2) is 51.9 Å². The number of piperidine rings is 1. The van der Waals surface area contributed by atoms with E-state index in [0.717, 1.165) is 5.56 Å². The minimum absolute atomic E-state index is 0.190. The number of pyridine rings is 1. The number of nitrogens with one attached hydrogen (secondary N) is 1. The van der Waals surface area contributed by atoms with Crippen molar-refractivity contribution in [3.63, 3.8) is 0 Å². The van der Waals surface area contributed by atoms with E-state index in [1.54, 1.807) is 23.2 Å². The van der Waals surface area contributed by atoms with E-state index in [1.165, 1.54) is 6.20 Å². The van der Waals surface area contributed by atoms with Gasteiger partial charge in [0.25, 0.3) is 5.91 Å². The third-order valence-electron chi connectivity index (χ3n) is 4.97.